The van der Waals surface area contributed by atoms with Gasteiger partial charge in [0.05, 0.1) is 4.47 Å². The minimum Gasteiger partial charge on any atom is -0.507 e. The van der Waals surface area contributed by atoms with Gasteiger partial charge in [-0.05, 0) is 47.0 Å². The van der Waals surface area contributed by atoms with Crippen molar-refractivity contribution in [1.29, 1.82) is 0 Å². The highest BCUT2D eigenvalue weighted by Gasteiger charge is 2.07. The third-order valence-corrected chi connectivity index (χ3v) is 3.49. The summed E-state index contributed by atoms with van der Waals surface area (Å²) in [7, 11) is 0. The van der Waals surface area contributed by atoms with E-state index in [0.29, 0.717) is 22.5 Å². The number of rotatable bonds is 7. The highest BCUT2D eigenvalue weighted by molar-refractivity contribution is 9.10. The van der Waals surface area contributed by atoms with E-state index >= 15 is 0 Å². The Morgan fingerprint density at radius 3 is 2.67 bits per heavy atom. The molecule has 0 aliphatic heterocycles. The first kappa shape index (κ1) is 15.3. The maximum absolute atomic E-state index is 11.7. The van der Waals surface area contributed by atoms with Gasteiger partial charge in [0.15, 0.2) is 0 Å². The van der Waals surface area contributed by atoms with Crippen LogP contribution < -0.4 is 5.32 Å². The van der Waals surface area contributed by atoms with Crippen LogP contribution in [0, 0.1) is 0 Å². The van der Waals surface area contributed by atoms with Crippen molar-refractivity contribution in [1.82, 2.24) is 5.32 Å². The van der Waals surface area contributed by atoms with Crippen LogP contribution in [-0.4, -0.2) is 23.4 Å². The molecule has 0 aliphatic carbocycles. The van der Waals surface area contributed by atoms with Crippen molar-refractivity contribution in [2.75, 3.05) is 12.4 Å². The third kappa shape index (κ3) is 5.27. The summed E-state index contributed by atoms with van der Waals surface area (Å²) < 4.78 is 0.583. The van der Waals surface area contributed by atoms with Crippen LogP contribution in [-0.2, 0) is 0 Å². The quantitative estimate of drug-likeness (QED) is 0.590. The normalized spacial score (nSPS) is 10.3. The van der Waals surface area contributed by atoms with Crippen molar-refractivity contribution < 1.29 is 9.90 Å². The van der Waals surface area contributed by atoms with Crippen LogP contribution in [0.4, 0.5) is 0 Å². The van der Waals surface area contributed by atoms with E-state index in [2.05, 4.69) is 21.2 Å². The van der Waals surface area contributed by atoms with Gasteiger partial charge in [0.2, 0.25) is 0 Å². The van der Waals surface area contributed by atoms with Crippen LogP contribution >= 0.6 is 27.5 Å². The van der Waals surface area contributed by atoms with Gasteiger partial charge in [-0.3, -0.25) is 4.79 Å². The average molecular weight is 335 g/mol. The van der Waals surface area contributed by atoms with Gasteiger partial charge in [0.1, 0.15) is 5.75 Å². The molecule has 1 rings (SSSR count). The minimum atomic E-state index is -0.157. The van der Waals surface area contributed by atoms with E-state index < -0.39 is 0 Å². The van der Waals surface area contributed by atoms with E-state index in [1.54, 1.807) is 12.1 Å². The van der Waals surface area contributed by atoms with Gasteiger partial charge in [-0.25, -0.2) is 0 Å². The first-order chi connectivity index (χ1) is 8.65. The fourth-order valence-electron chi connectivity index (χ4n) is 1.53. The zero-order valence-corrected chi connectivity index (χ0v) is 12.4. The Morgan fingerprint density at radius 2 is 2.00 bits per heavy atom. The number of benzene rings is 1. The zero-order valence-electron chi connectivity index (χ0n) is 10.1. The monoisotopic (exact) mass is 333 g/mol. The smallest absolute Gasteiger partial charge is 0.251 e. The molecule has 1 amide bonds. The maximum atomic E-state index is 11.7. The van der Waals surface area contributed by atoms with E-state index in [9.17, 15) is 9.90 Å². The summed E-state index contributed by atoms with van der Waals surface area (Å²) >= 11 is 8.75. The molecule has 1 aromatic rings. The number of hydrogen-bond acceptors (Lipinski definition) is 2. The molecule has 18 heavy (non-hydrogen) atoms. The molecule has 0 fully saturated rings. The summed E-state index contributed by atoms with van der Waals surface area (Å²) in [4.78, 5) is 11.7. The predicted molar refractivity (Wildman–Crippen MR) is 77.3 cm³/mol. The Bertz CT molecular complexity index is 399. The first-order valence-corrected chi connectivity index (χ1v) is 7.30. The van der Waals surface area contributed by atoms with E-state index in [1.165, 1.54) is 6.07 Å². The summed E-state index contributed by atoms with van der Waals surface area (Å²) in [5, 5.41) is 12.3. The van der Waals surface area contributed by atoms with Gasteiger partial charge in [0, 0.05) is 18.0 Å². The molecule has 0 aliphatic rings. The van der Waals surface area contributed by atoms with Gasteiger partial charge < -0.3 is 10.4 Å². The molecular weight excluding hydrogens is 318 g/mol. The van der Waals surface area contributed by atoms with Crippen LogP contribution in [0.15, 0.2) is 22.7 Å². The van der Waals surface area contributed by atoms with Gasteiger partial charge in [0.25, 0.3) is 5.91 Å². The molecule has 3 nitrogen and oxygen atoms in total. The molecular formula is C13H17BrClNO2. The predicted octanol–water partition coefficient (Wildman–Crippen LogP) is 3.68. The standard InChI is InChI=1S/C13H17BrClNO2/c14-11-6-5-10(9-12(11)17)13(18)16-8-4-2-1-3-7-15/h5-6,9,17H,1-4,7-8H2,(H,16,18). The number of phenols is 1. The molecule has 100 valence electrons. The lowest BCUT2D eigenvalue weighted by molar-refractivity contribution is 0.0952. The first-order valence-electron chi connectivity index (χ1n) is 5.98. The molecule has 0 heterocycles. The van der Waals surface area contributed by atoms with E-state index in [0.717, 1.165) is 25.7 Å². The fourth-order valence-corrected chi connectivity index (χ4v) is 1.97. The summed E-state index contributed by atoms with van der Waals surface area (Å²) in [6.07, 6.45) is 4.14. The lowest BCUT2D eigenvalue weighted by Crippen LogP contribution is -2.24. The Kier molecular flexibility index (Phi) is 7.13. The molecule has 1 aromatic carbocycles. The number of nitrogens with one attached hydrogen (secondary N) is 1. The second-order valence-electron chi connectivity index (χ2n) is 4.03. The zero-order chi connectivity index (χ0) is 13.4. The van der Waals surface area contributed by atoms with E-state index in [4.69, 9.17) is 11.6 Å². The van der Waals surface area contributed by atoms with Crippen LogP contribution in [0.5, 0.6) is 5.75 Å². The third-order valence-electron chi connectivity index (χ3n) is 2.55. The Labute approximate surface area is 121 Å². The summed E-state index contributed by atoms with van der Waals surface area (Å²) in [6.45, 7) is 0.651. The number of unbranched alkanes of at least 4 members (excludes halogenated alkanes) is 3. The van der Waals surface area contributed by atoms with Gasteiger partial charge in [-0.2, -0.15) is 0 Å². The van der Waals surface area contributed by atoms with Crippen molar-refractivity contribution in [2.24, 2.45) is 0 Å². The highest BCUT2D eigenvalue weighted by atomic mass is 79.9. The lowest BCUT2D eigenvalue weighted by Gasteiger charge is -2.06. The van der Waals surface area contributed by atoms with Crippen LogP contribution in [0.1, 0.15) is 36.0 Å². The number of carbonyl (C=O) groups is 1. The largest absolute Gasteiger partial charge is 0.507 e. The van der Waals surface area contributed by atoms with Crippen LogP contribution in [0.3, 0.4) is 0 Å². The molecule has 0 saturated heterocycles. The van der Waals surface area contributed by atoms with Crippen LogP contribution in [0.25, 0.3) is 0 Å². The molecule has 0 atom stereocenters. The number of hydrogen-bond donors (Lipinski definition) is 2. The molecule has 0 radical (unpaired) electrons. The Balaban J connectivity index is 2.30. The number of carbonyl (C=O) groups excluding carboxylic acids is 1. The molecule has 0 saturated carbocycles. The van der Waals surface area contributed by atoms with Crippen molar-refractivity contribution in [2.45, 2.75) is 25.7 Å². The summed E-state index contributed by atoms with van der Waals surface area (Å²) in [5.41, 5.74) is 0.469. The number of amides is 1. The Morgan fingerprint density at radius 1 is 1.28 bits per heavy atom. The molecule has 0 spiro atoms. The number of phenolic OH excluding ortho intramolecular Hbond substituents is 1. The molecule has 2 N–H and O–H groups in total. The highest BCUT2D eigenvalue weighted by Crippen LogP contribution is 2.24. The van der Waals surface area contributed by atoms with Gasteiger partial charge in [-0.1, -0.05) is 12.8 Å². The Hall–Kier alpha value is -0.740. The summed E-state index contributed by atoms with van der Waals surface area (Å²) in [5.74, 6) is 0.616. The lowest BCUT2D eigenvalue weighted by atomic mass is 10.2. The van der Waals surface area contributed by atoms with E-state index in [1.807, 2.05) is 0 Å². The van der Waals surface area contributed by atoms with Gasteiger partial charge in [-0.15, -0.1) is 11.6 Å². The van der Waals surface area contributed by atoms with Crippen molar-refractivity contribution in [3.63, 3.8) is 0 Å². The maximum Gasteiger partial charge on any atom is 0.251 e. The summed E-state index contributed by atoms with van der Waals surface area (Å²) in [6, 6.07) is 4.78. The number of alkyl halides is 1. The second-order valence-corrected chi connectivity index (χ2v) is 5.26. The average Bonchev–Trinajstić information content (AvgIpc) is 2.36. The SMILES string of the molecule is O=C(NCCCCCCCl)c1ccc(Br)c(O)c1. The molecule has 0 aromatic heterocycles. The number of aromatic hydroxyl groups is 1. The van der Waals surface area contributed by atoms with Crippen molar-refractivity contribution in [3.05, 3.63) is 28.2 Å². The van der Waals surface area contributed by atoms with Crippen molar-refractivity contribution >= 4 is 33.4 Å². The van der Waals surface area contributed by atoms with Crippen molar-refractivity contribution in [3.8, 4) is 5.75 Å². The second kappa shape index (κ2) is 8.38. The van der Waals surface area contributed by atoms with Crippen LogP contribution in [0.2, 0.25) is 0 Å². The topological polar surface area (TPSA) is 49.3 Å². The minimum absolute atomic E-state index is 0.0739. The fraction of sp³-hybridized carbons (Fsp3) is 0.462. The van der Waals surface area contributed by atoms with Gasteiger partial charge >= 0.3 is 0 Å². The number of halogens is 2. The van der Waals surface area contributed by atoms with E-state index in [-0.39, 0.29) is 11.7 Å². The molecule has 5 heteroatoms. The molecule has 0 unspecified atom stereocenters. The molecule has 0 bridgehead atoms.